The van der Waals surface area contributed by atoms with E-state index in [1.165, 1.54) is 6.07 Å². The number of ether oxygens (including phenoxy) is 1. The van der Waals surface area contributed by atoms with E-state index in [1.807, 2.05) is 36.2 Å². The highest BCUT2D eigenvalue weighted by Gasteiger charge is 2.08. The molecule has 0 aliphatic carbocycles. The van der Waals surface area contributed by atoms with Gasteiger partial charge in [0.1, 0.15) is 11.6 Å². The minimum Gasteiger partial charge on any atom is -0.497 e. The van der Waals surface area contributed by atoms with Gasteiger partial charge in [0, 0.05) is 31.9 Å². The van der Waals surface area contributed by atoms with Crippen molar-refractivity contribution in [2.75, 3.05) is 19.1 Å². The van der Waals surface area contributed by atoms with E-state index < -0.39 is 0 Å². The number of rotatable bonds is 5. The topological polar surface area (TPSA) is 38.5 Å². The second-order valence-corrected chi connectivity index (χ2v) is 4.67. The fraction of sp³-hybridized carbons (Fsp3) is 0.250. The van der Waals surface area contributed by atoms with Crippen molar-refractivity contribution in [2.24, 2.45) is 5.73 Å². The first-order valence-electron chi connectivity index (χ1n) is 6.46. The Morgan fingerprint density at radius 3 is 2.65 bits per heavy atom. The summed E-state index contributed by atoms with van der Waals surface area (Å²) in [5.74, 6) is 0.559. The zero-order chi connectivity index (χ0) is 14.5. The van der Waals surface area contributed by atoms with Gasteiger partial charge in [-0.2, -0.15) is 0 Å². The van der Waals surface area contributed by atoms with Crippen LogP contribution in [-0.4, -0.2) is 14.2 Å². The number of nitrogens with zero attached hydrogens (tertiary/aromatic N) is 1. The fourth-order valence-electron chi connectivity index (χ4n) is 2.14. The summed E-state index contributed by atoms with van der Waals surface area (Å²) in [7, 11) is 3.60. The number of nitrogens with two attached hydrogens (primary N) is 1. The number of anilines is 1. The molecular weight excluding hydrogens is 255 g/mol. The molecule has 2 aromatic carbocycles. The Morgan fingerprint density at radius 2 is 1.95 bits per heavy atom. The Labute approximate surface area is 118 Å². The van der Waals surface area contributed by atoms with Gasteiger partial charge in [-0.25, -0.2) is 4.39 Å². The van der Waals surface area contributed by atoms with Gasteiger partial charge in [-0.05, 0) is 35.4 Å². The van der Waals surface area contributed by atoms with Crippen molar-refractivity contribution in [3.05, 3.63) is 59.4 Å². The van der Waals surface area contributed by atoms with Crippen LogP contribution in [0.2, 0.25) is 0 Å². The second-order valence-electron chi connectivity index (χ2n) is 4.67. The summed E-state index contributed by atoms with van der Waals surface area (Å²) in [4.78, 5) is 2.04. The monoisotopic (exact) mass is 274 g/mol. The van der Waals surface area contributed by atoms with E-state index in [-0.39, 0.29) is 5.82 Å². The lowest BCUT2D eigenvalue weighted by atomic mass is 10.1. The van der Waals surface area contributed by atoms with E-state index >= 15 is 0 Å². The van der Waals surface area contributed by atoms with E-state index in [1.54, 1.807) is 19.2 Å². The lowest BCUT2D eigenvalue weighted by Crippen LogP contribution is -2.18. The van der Waals surface area contributed by atoms with Gasteiger partial charge in [0.15, 0.2) is 0 Å². The maximum atomic E-state index is 13.4. The molecule has 0 amide bonds. The smallest absolute Gasteiger partial charge is 0.123 e. The Balaban J connectivity index is 2.22. The molecule has 0 bridgehead atoms. The van der Waals surface area contributed by atoms with E-state index in [4.69, 9.17) is 10.5 Å². The van der Waals surface area contributed by atoms with Crippen LogP contribution >= 0.6 is 0 Å². The molecule has 2 N–H and O–H groups in total. The van der Waals surface area contributed by atoms with Crippen molar-refractivity contribution in [3.63, 3.8) is 0 Å². The summed E-state index contributed by atoms with van der Waals surface area (Å²) in [5.41, 5.74) is 8.57. The summed E-state index contributed by atoms with van der Waals surface area (Å²) in [5, 5.41) is 0. The standard InChI is InChI=1S/C16H19FN2O/c1-19(15-4-3-5-16(9-15)20-2)11-13-8-14(17)7-6-12(13)10-18/h3-9H,10-11,18H2,1-2H3. The minimum absolute atomic E-state index is 0.240. The molecule has 0 saturated heterocycles. The van der Waals surface area contributed by atoms with Crippen LogP contribution in [0.5, 0.6) is 5.75 Å². The highest BCUT2D eigenvalue weighted by Crippen LogP contribution is 2.22. The molecule has 3 nitrogen and oxygen atoms in total. The van der Waals surface area contributed by atoms with Crippen LogP contribution in [0.1, 0.15) is 11.1 Å². The number of benzene rings is 2. The van der Waals surface area contributed by atoms with Crippen molar-refractivity contribution >= 4 is 5.69 Å². The van der Waals surface area contributed by atoms with Crippen LogP contribution in [0.4, 0.5) is 10.1 Å². The first kappa shape index (κ1) is 14.3. The third kappa shape index (κ3) is 3.27. The van der Waals surface area contributed by atoms with Gasteiger partial charge >= 0.3 is 0 Å². The largest absolute Gasteiger partial charge is 0.497 e. The van der Waals surface area contributed by atoms with Crippen molar-refractivity contribution < 1.29 is 9.13 Å². The van der Waals surface area contributed by atoms with Crippen LogP contribution in [0.25, 0.3) is 0 Å². The number of halogens is 1. The Bertz CT molecular complexity index is 586. The Hall–Kier alpha value is -2.07. The molecule has 0 aromatic heterocycles. The molecule has 0 heterocycles. The first-order chi connectivity index (χ1) is 9.63. The Morgan fingerprint density at radius 1 is 1.15 bits per heavy atom. The van der Waals surface area contributed by atoms with Gasteiger partial charge in [-0.1, -0.05) is 12.1 Å². The number of hydrogen-bond donors (Lipinski definition) is 1. The van der Waals surface area contributed by atoms with Crippen molar-refractivity contribution in [3.8, 4) is 5.75 Å². The van der Waals surface area contributed by atoms with Crippen molar-refractivity contribution in [1.82, 2.24) is 0 Å². The van der Waals surface area contributed by atoms with Crippen LogP contribution < -0.4 is 15.4 Å². The molecule has 0 saturated carbocycles. The molecule has 0 unspecified atom stereocenters. The van der Waals surface area contributed by atoms with Crippen LogP contribution in [0.15, 0.2) is 42.5 Å². The van der Waals surface area contributed by atoms with Crippen molar-refractivity contribution in [2.45, 2.75) is 13.1 Å². The van der Waals surface area contributed by atoms with E-state index in [9.17, 15) is 4.39 Å². The summed E-state index contributed by atoms with van der Waals surface area (Å²) >= 11 is 0. The molecule has 0 atom stereocenters. The molecule has 4 heteroatoms. The molecule has 0 aliphatic heterocycles. The molecule has 20 heavy (non-hydrogen) atoms. The fourth-order valence-corrected chi connectivity index (χ4v) is 2.14. The van der Waals surface area contributed by atoms with Gasteiger partial charge < -0.3 is 15.4 Å². The number of hydrogen-bond acceptors (Lipinski definition) is 3. The summed E-state index contributed by atoms with van der Waals surface area (Å²) < 4.78 is 18.6. The van der Waals surface area contributed by atoms with Gasteiger partial charge in [-0.15, -0.1) is 0 Å². The van der Waals surface area contributed by atoms with Gasteiger partial charge in [0.25, 0.3) is 0 Å². The first-order valence-corrected chi connectivity index (χ1v) is 6.46. The lowest BCUT2D eigenvalue weighted by molar-refractivity contribution is 0.415. The third-order valence-corrected chi connectivity index (χ3v) is 3.29. The van der Waals surface area contributed by atoms with Crippen molar-refractivity contribution in [1.29, 1.82) is 0 Å². The van der Waals surface area contributed by atoms with E-state index in [2.05, 4.69) is 0 Å². The highest BCUT2D eigenvalue weighted by atomic mass is 19.1. The highest BCUT2D eigenvalue weighted by molar-refractivity contribution is 5.51. The van der Waals surface area contributed by atoms with Crippen LogP contribution in [0.3, 0.4) is 0 Å². The predicted molar refractivity (Wildman–Crippen MR) is 79.4 cm³/mol. The summed E-state index contributed by atoms with van der Waals surface area (Å²) in [6.45, 7) is 0.999. The number of methoxy groups -OCH3 is 1. The lowest BCUT2D eigenvalue weighted by Gasteiger charge is -2.21. The summed E-state index contributed by atoms with van der Waals surface area (Å²) in [6.07, 6.45) is 0. The normalized spacial score (nSPS) is 10.4. The quantitative estimate of drug-likeness (QED) is 0.911. The Kier molecular flexibility index (Phi) is 4.58. The van der Waals surface area contributed by atoms with Crippen LogP contribution in [-0.2, 0) is 13.1 Å². The second kappa shape index (κ2) is 6.39. The SMILES string of the molecule is COc1cccc(N(C)Cc2cc(F)ccc2CN)c1. The maximum absolute atomic E-state index is 13.4. The molecule has 106 valence electrons. The van der Waals surface area contributed by atoms with Gasteiger partial charge in [0.05, 0.1) is 7.11 Å². The van der Waals surface area contributed by atoms with Crippen LogP contribution in [0, 0.1) is 5.82 Å². The molecule has 0 aliphatic rings. The minimum atomic E-state index is -0.240. The molecule has 2 rings (SSSR count). The van der Waals surface area contributed by atoms with E-state index in [0.717, 1.165) is 22.6 Å². The molecule has 2 aromatic rings. The van der Waals surface area contributed by atoms with E-state index in [0.29, 0.717) is 13.1 Å². The molecule has 0 spiro atoms. The van der Waals surface area contributed by atoms with Gasteiger partial charge in [-0.3, -0.25) is 0 Å². The average Bonchev–Trinajstić information content (AvgIpc) is 2.47. The predicted octanol–water partition coefficient (Wildman–Crippen LogP) is 2.93. The van der Waals surface area contributed by atoms with Gasteiger partial charge in [0.2, 0.25) is 0 Å². The molecule has 0 fully saturated rings. The molecule has 0 radical (unpaired) electrons. The molecular formula is C16H19FN2O. The maximum Gasteiger partial charge on any atom is 0.123 e. The average molecular weight is 274 g/mol. The third-order valence-electron chi connectivity index (χ3n) is 3.29. The zero-order valence-corrected chi connectivity index (χ0v) is 11.8. The summed E-state index contributed by atoms with van der Waals surface area (Å²) in [6, 6.07) is 12.5. The zero-order valence-electron chi connectivity index (χ0n) is 11.8.